The van der Waals surface area contributed by atoms with Gasteiger partial charge in [-0.2, -0.15) is 10.4 Å². The van der Waals surface area contributed by atoms with E-state index in [1.165, 1.54) is 0 Å². The van der Waals surface area contributed by atoms with Gasteiger partial charge in [0.15, 0.2) is 5.82 Å². The van der Waals surface area contributed by atoms with Crippen LogP contribution in [-0.4, -0.2) is 14.8 Å². The van der Waals surface area contributed by atoms with Gasteiger partial charge in [0.05, 0.1) is 17.8 Å². The highest BCUT2D eigenvalue weighted by Crippen LogP contribution is 2.14. The van der Waals surface area contributed by atoms with Gasteiger partial charge in [0.1, 0.15) is 0 Å². The second-order valence-electron chi connectivity index (χ2n) is 3.34. The third-order valence-corrected chi connectivity index (χ3v) is 2.35. The fourth-order valence-corrected chi connectivity index (χ4v) is 1.43. The molecule has 0 aliphatic heterocycles. The molecule has 0 saturated carbocycles. The van der Waals surface area contributed by atoms with E-state index in [1.807, 2.05) is 13.1 Å². The maximum atomic E-state index is 8.92. The first-order valence-corrected chi connectivity index (χ1v) is 4.79. The van der Waals surface area contributed by atoms with Gasteiger partial charge in [-0.3, -0.25) is 0 Å². The van der Waals surface area contributed by atoms with E-state index < -0.39 is 0 Å². The first kappa shape index (κ1) is 10.1. The summed E-state index contributed by atoms with van der Waals surface area (Å²) >= 11 is 0. The summed E-state index contributed by atoms with van der Waals surface area (Å²) in [6.45, 7) is 5.53. The maximum absolute atomic E-state index is 8.92. The Kier molecular flexibility index (Phi) is 2.52. The van der Waals surface area contributed by atoms with E-state index in [0.717, 1.165) is 11.1 Å². The SMILES string of the molecule is C=Cc1cnn(-c2nccc(C#N)c2C)c1. The molecule has 0 unspecified atom stereocenters. The predicted molar refractivity (Wildman–Crippen MR) is 60.9 cm³/mol. The molecule has 0 saturated heterocycles. The molecule has 2 rings (SSSR count). The molecule has 0 aliphatic rings. The van der Waals surface area contributed by atoms with E-state index >= 15 is 0 Å². The van der Waals surface area contributed by atoms with Gasteiger partial charge in [-0.25, -0.2) is 9.67 Å². The Morgan fingerprint density at radius 2 is 2.38 bits per heavy atom. The summed E-state index contributed by atoms with van der Waals surface area (Å²) < 4.78 is 1.65. The van der Waals surface area contributed by atoms with Gasteiger partial charge >= 0.3 is 0 Å². The van der Waals surface area contributed by atoms with Crippen LogP contribution in [0.2, 0.25) is 0 Å². The zero-order chi connectivity index (χ0) is 11.5. The second kappa shape index (κ2) is 3.99. The van der Waals surface area contributed by atoms with Crippen LogP contribution in [-0.2, 0) is 0 Å². The van der Waals surface area contributed by atoms with Crippen LogP contribution in [0, 0.1) is 18.3 Å². The second-order valence-corrected chi connectivity index (χ2v) is 3.34. The predicted octanol–water partition coefficient (Wildman–Crippen LogP) is 2.09. The molecule has 4 heteroatoms. The van der Waals surface area contributed by atoms with Crippen molar-refractivity contribution in [1.29, 1.82) is 5.26 Å². The van der Waals surface area contributed by atoms with E-state index in [1.54, 1.807) is 29.2 Å². The molecular weight excluding hydrogens is 200 g/mol. The van der Waals surface area contributed by atoms with E-state index in [2.05, 4.69) is 22.7 Å². The van der Waals surface area contributed by atoms with Crippen LogP contribution in [0.4, 0.5) is 0 Å². The highest BCUT2D eigenvalue weighted by molar-refractivity contribution is 5.48. The molecule has 0 aliphatic carbocycles. The summed E-state index contributed by atoms with van der Waals surface area (Å²) in [4.78, 5) is 4.22. The number of aromatic nitrogens is 3. The van der Waals surface area contributed by atoms with Gasteiger partial charge in [-0.05, 0) is 13.0 Å². The lowest BCUT2D eigenvalue weighted by Gasteiger charge is -2.04. The Labute approximate surface area is 93.5 Å². The Morgan fingerprint density at radius 1 is 1.56 bits per heavy atom. The molecule has 2 aromatic rings. The van der Waals surface area contributed by atoms with Crippen molar-refractivity contribution in [2.45, 2.75) is 6.92 Å². The quantitative estimate of drug-likeness (QED) is 0.762. The van der Waals surface area contributed by atoms with Crippen LogP contribution in [0.5, 0.6) is 0 Å². The lowest BCUT2D eigenvalue weighted by Crippen LogP contribution is -2.02. The molecule has 0 spiro atoms. The topological polar surface area (TPSA) is 54.5 Å². The number of nitrogens with zero attached hydrogens (tertiary/aromatic N) is 4. The van der Waals surface area contributed by atoms with Gasteiger partial charge in [0.25, 0.3) is 0 Å². The van der Waals surface area contributed by atoms with Crippen LogP contribution in [0.15, 0.2) is 31.2 Å². The third-order valence-electron chi connectivity index (χ3n) is 2.35. The average molecular weight is 210 g/mol. The summed E-state index contributed by atoms with van der Waals surface area (Å²) in [6, 6.07) is 3.82. The normalized spacial score (nSPS) is 9.75. The minimum atomic E-state index is 0.612. The summed E-state index contributed by atoms with van der Waals surface area (Å²) in [7, 11) is 0. The Hall–Kier alpha value is -2.41. The molecule has 4 nitrogen and oxygen atoms in total. The first-order valence-electron chi connectivity index (χ1n) is 4.79. The van der Waals surface area contributed by atoms with Crippen molar-refractivity contribution in [2.75, 3.05) is 0 Å². The molecule has 0 atom stereocenters. The number of nitriles is 1. The van der Waals surface area contributed by atoms with E-state index in [9.17, 15) is 0 Å². The zero-order valence-electron chi connectivity index (χ0n) is 8.88. The van der Waals surface area contributed by atoms with Crippen LogP contribution in [0.3, 0.4) is 0 Å². The summed E-state index contributed by atoms with van der Waals surface area (Å²) in [5.41, 5.74) is 2.35. The van der Waals surface area contributed by atoms with Crippen molar-refractivity contribution in [3.05, 3.63) is 47.9 Å². The van der Waals surface area contributed by atoms with E-state index in [0.29, 0.717) is 11.4 Å². The van der Waals surface area contributed by atoms with E-state index in [4.69, 9.17) is 5.26 Å². The average Bonchev–Trinajstić information content (AvgIpc) is 2.78. The molecule has 2 heterocycles. The Bertz CT molecular complexity index is 575. The van der Waals surface area contributed by atoms with Gasteiger partial charge in [-0.1, -0.05) is 12.7 Å². The molecule has 0 radical (unpaired) electrons. The van der Waals surface area contributed by atoms with Crippen LogP contribution >= 0.6 is 0 Å². The Balaban J connectivity index is 2.56. The van der Waals surface area contributed by atoms with Crippen LogP contribution in [0.1, 0.15) is 16.7 Å². The van der Waals surface area contributed by atoms with Gasteiger partial charge in [-0.15, -0.1) is 0 Å². The van der Waals surface area contributed by atoms with Gasteiger partial charge in [0, 0.05) is 23.5 Å². The standard InChI is InChI=1S/C12H10N4/c1-3-10-7-15-16(8-10)12-9(2)11(6-13)4-5-14-12/h3-5,7-8H,1H2,2H3. The lowest BCUT2D eigenvalue weighted by atomic mass is 10.1. The summed E-state index contributed by atoms with van der Waals surface area (Å²) in [5, 5.41) is 13.1. The molecule has 0 bridgehead atoms. The number of hydrogen-bond donors (Lipinski definition) is 0. The van der Waals surface area contributed by atoms with E-state index in [-0.39, 0.29) is 0 Å². The fraction of sp³-hybridized carbons (Fsp3) is 0.0833. The molecule has 16 heavy (non-hydrogen) atoms. The van der Waals surface area contributed by atoms with Crippen LogP contribution in [0.25, 0.3) is 11.9 Å². The highest BCUT2D eigenvalue weighted by Gasteiger charge is 2.07. The smallest absolute Gasteiger partial charge is 0.157 e. The summed E-state index contributed by atoms with van der Waals surface area (Å²) in [6.07, 6.45) is 6.85. The lowest BCUT2D eigenvalue weighted by molar-refractivity contribution is 0.837. The minimum Gasteiger partial charge on any atom is -0.237 e. The number of pyridine rings is 1. The molecule has 0 amide bonds. The maximum Gasteiger partial charge on any atom is 0.157 e. The summed E-state index contributed by atoms with van der Waals surface area (Å²) in [5.74, 6) is 0.673. The largest absolute Gasteiger partial charge is 0.237 e. The highest BCUT2D eigenvalue weighted by atomic mass is 15.3. The molecular formula is C12H10N4. The fourth-order valence-electron chi connectivity index (χ4n) is 1.43. The number of hydrogen-bond acceptors (Lipinski definition) is 3. The number of rotatable bonds is 2. The van der Waals surface area contributed by atoms with Gasteiger partial charge in [0.2, 0.25) is 0 Å². The van der Waals surface area contributed by atoms with Crippen molar-refractivity contribution < 1.29 is 0 Å². The van der Waals surface area contributed by atoms with Crippen molar-refractivity contribution in [3.8, 4) is 11.9 Å². The third kappa shape index (κ3) is 1.59. The molecule has 0 fully saturated rings. The van der Waals surface area contributed by atoms with Crippen molar-refractivity contribution in [1.82, 2.24) is 14.8 Å². The van der Waals surface area contributed by atoms with Crippen LogP contribution < -0.4 is 0 Å². The monoisotopic (exact) mass is 210 g/mol. The van der Waals surface area contributed by atoms with Crippen molar-refractivity contribution in [3.63, 3.8) is 0 Å². The molecule has 2 aromatic heterocycles. The molecule has 78 valence electrons. The molecule has 0 N–H and O–H groups in total. The molecule has 0 aromatic carbocycles. The van der Waals surface area contributed by atoms with Gasteiger partial charge < -0.3 is 0 Å². The Morgan fingerprint density at radius 3 is 3.00 bits per heavy atom. The first-order chi connectivity index (χ1) is 7.76. The van der Waals surface area contributed by atoms with Crippen molar-refractivity contribution >= 4 is 6.08 Å². The minimum absolute atomic E-state index is 0.612. The van der Waals surface area contributed by atoms with Crippen molar-refractivity contribution in [2.24, 2.45) is 0 Å². The zero-order valence-corrected chi connectivity index (χ0v) is 8.88.